The molecule has 2 aromatic rings. The molecule has 7 heteroatoms. The molecule has 1 fully saturated rings. The van der Waals surface area contributed by atoms with Gasteiger partial charge in [0.2, 0.25) is 0 Å². The molecule has 0 aromatic heterocycles. The number of ether oxygens (including phenoxy) is 2. The number of amides is 1. The number of hydrogen-bond acceptors (Lipinski definition) is 6. The number of nitriles is 1. The zero-order chi connectivity index (χ0) is 19.2. The van der Waals surface area contributed by atoms with Gasteiger partial charge in [-0.1, -0.05) is 18.2 Å². The first kappa shape index (κ1) is 18.5. The summed E-state index contributed by atoms with van der Waals surface area (Å²) in [5, 5.41) is 11.9. The molecule has 1 aliphatic rings. The van der Waals surface area contributed by atoms with Gasteiger partial charge in [-0.25, -0.2) is 4.99 Å². The molecule has 0 radical (unpaired) electrons. The number of rotatable bonds is 5. The second kappa shape index (κ2) is 8.43. The highest BCUT2D eigenvalue weighted by molar-refractivity contribution is 8.18. The Morgan fingerprint density at radius 1 is 1.26 bits per heavy atom. The van der Waals surface area contributed by atoms with Gasteiger partial charge in [0, 0.05) is 0 Å². The molecule has 1 heterocycles. The molecule has 136 valence electrons. The number of thioether (sulfide) groups is 1. The molecule has 27 heavy (non-hydrogen) atoms. The van der Waals surface area contributed by atoms with E-state index in [4.69, 9.17) is 14.7 Å². The standard InChI is InChI=1S/C20H17N3O3S/c1-13-4-3-5-15(10-13)22-20-23-19(24)18(27-20)12-14-6-7-16(26-9-8-21)17(11-14)25-2/h3-7,10-12H,9H2,1-2H3,(H,22,23,24)/b18-12-. The fraction of sp³-hybridized carbons (Fsp3) is 0.150. The molecule has 0 spiro atoms. The van der Waals surface area contributed by atoms with E-state index in [9.17, 15) is 4.79 Å². The summed E-state index contributed by atoms with van der Waals surface area (Å²) in [5.41, 5.74) is 2.68. The van der Waals surface area contributed by atoms with Crippen molar-refractivity contribution in [3.05, 3.63) is 58.5 Å². The van der Waals surface area contributed by atoms with Gasteiger partial charge in [-0.3, -0.25) is 4.79 Å². The Hall–Kier alpha value is -3.24. The normalized spacial score (nSPS) is 16.3. The van der Waals surface area contributed by atoms with Crippen molar-refractivity contribution >= 4 is 34.6 Å². The van der Waals surface area contributed by atoms with Crippen molar-refractivity contribution in [1.29, 1.82) is 5.26 Å². The molecule has 0 bridgehead atoms. The minimum Gasteiger partial charge on any atom is -0.493 e. The van der Waals surface area contributed by atoms with Gasteiger partial charge < -0.3 is 14.8 Å². The highest BCUT2D eigenvalue weighted by Crippen LogP contribution is 2.32. The molecule has 0 aliphatic carbocycles. The van der Waals surface area contributed by atoms with Crippen LogP contribution < -0.4 is 14.8 Å². The summed E-state index contributed by atoms with van der Waals surface area (Å²) in [5.74, 6) is 0.776. The Morgan fingerprint density at radius 2 is 2.11 bits per heavy atom. The molecule has 6 nitrogen and oxygen atoms in total. The average Bonchev–Trinajstić information content (AvgIpc) is 2.99. The minimum absolute atomic E-state index is 0.0617. The molecular formula is C20H17N3O3S. The van der Waals surface area contributed by atoms with E-state index in [1.54, 1.807) is 24.3 Å². The van der Waals surface area contributed by atoms with E-state index < -0.39 is 0 Å². The summed E-state index contributed by atoms with van der Waals surface area (Å²) in [6, 6.07) is 14.9. The van der Waals surface area contributed by atoms with E-state index in [-0.39, 0.29) is 12.5 Å². The van der Waals surface area contributed by atoms with Gasteiger partial charge in [-0.2, -0.15) is 5.26 Å². The van der Waals surface area contributed by atoms with Gasteiger partial charge in [-0.05, 0) is 60.2 Å². The summed E-state index contributed by atoms with van der Waals surface area (Å²) in [6.07, 6.45) is 1.76. The number of nitrogens with zero attached hydrogens (tertiary/aromatic N) is 2. The van der Waals surface area contributed by atoms with Crippen molar-refractivity contribution in [2.24, 2.45) is 4.99 Å². The highest BCUT2D eigenvalue weighted by atomic mass is 32.2. The number of hydrogen-bond donors (Lipinski definition) is 1. The van der Waals surface area contributed by atoms with Crippen LogP contribution in [0.25, 0.3) is 6.08 Å². The fourth-order valence-corrected chi connectivity index (χ4v) is 3.29. The van der Waals surface area contributed by atoms with Crippen molar-refractivity contribution in [2.45, 2.75) is 6.92 Å². The van der Waals surface area contributed by atoms with Gasteiger partial charge in [0.05, 0.1) is 17.7 Å². The van der Waals surface area contributed by atoms with Gasteiger partial charge >= 0.3 is 0 Å². The summed E-state index contributed by atoms with van der Waals surface area (Å²) in [4.78, 5) is 17.2. The third kappa shape index (κ3) is 4.68. The van der Waals surface area contributed by atoms with Crippen molar-refractivity contribution in [1.82, 2.24) is 5.32 Å². The van der Waals surface area contributed by atoms with E-state index in [1.807, 2.05) is 37.3 Å². The minimum atomic E-state index is -0.199. The van der Waals surface area contributed by atoms with E-state index in [0.717, 1.165) is 16.8 Å². The number of aliphatic imine (C=N–C) groups is 1. The highest BCUT2D eigenvalue weighted by Gasteiger charge is 2.24. The van der Waals surface area contributed by atoms with Gasteiger partial charge in [0.15, 0.2) is 23.3 Å². The molecule has 0 saturated carbocycles. The average molecular weight is 379 g/mol. The zero-order valence-corrected chi connectivity index (χ0v) is 15.7. The van der Waals surface area contributed by atoms with Gasteiger partial charge in [0.1, 0.15) is 6.07 Å². The predicted octanol–water partition coefficient (Wildman–Crippen LogP) is 3.80. The third-order valence-electron chi connectivity index (χ3n) is 3.66. The number of benzene rings is 2. The maximum Gasteiger partial charge on any atom is 0.264 e. The SMILES string of the molecule is COc1cc(/C=C2\SC(=Nc3cccc(C)c3)NC2=O)ccc1OCC#N. The lowest BCUT2D eigenvalue weighted by Crippen LogP contribution is -2.19. The monoisotopic (exact) mass is 379 g/mol. The van der Waals surface area contributed by atoms with Crippen LogP contribution in [0.15, 0.2) is 52.4 Å². The fourth-order valence-electron chi connectivity index (χ4n) is 2.45. The van der Waals surface area contributed by atoms with Gasteiger partial charge in [-0.15, -0.1) is 0 Å². The topological polar surface area (TPSA) is 83.7 Å². The van der Waals surface area contributed by atoms with Crippen molar-refractivity contribution in [2.75, 3.05) is 13.7 Å². The number of aryl methyl sites for hydroxylation is 1. The van der Waals surface area contributed by atoms with Crippen molar-refractivity contribution in [3.63, 3.8) is 0 Å². The Balaban J connectivity index is 1.81. The predicted molar refractivity (Wildman–Crippen MR) is 106 cm³/mol. The Morgan fingerprint density at radius 3 is 2.85 bits per heavy atom. The van der Waals surface area contributed by atoms with Crippen LogP contribution in [0.1, 0.15) is 11.1 Å². The lowest BCUT2D eigenvalue weighted by Gasteiger charge is -2.08. The first-order chi connectivity index (χ1) is 13.1. The second-order valence-electron chi connectivity index (χ2n) is 5.68. The number of carbonyl (C=O) groups is 1. The van der Waals surface area contributed by atoms with Gasteiger partial charge in [0.25, 0.3) is 5.91 Å². The van der Waals surface area contributed by atoms with E-state index in [0.29, 0.717) is 21.6 Å². The maximum atomic E-state index is 12.2. The Labute approximate surface area is 161 Å². The number of amidine groups is 1. The zero-order valence-electron chi connectivity index (χ0n) is 14.9. The molecule has 0 unspecified atom stereocenters. The van der Waals surface area contributed by atoms with E-state index in [1.165, 1.54) is 18.9 Å². The third-order valence-corrected chi connectivity index (χ3v) is 4.57. The number of carbonyl (C=O) groups excluding carboxylic acids is 1. The van der Waals surface area contributed by atoms with Crippen LogP contribution >= 0.6 is 11.8 Å². The molecule has 1 saturated heterocycles. The quantitative estimate of drug-likeness (QED) is 0.799. The largest absolute Gasteiger partial charge is 0.493 e. The molecule has 1 amide bonds. The van der Waals surface area contributed by atoms with Crippen LogP contribution in [0.5, 0.6) is 11.5 Å². The second-order valence-corrected chi connectivity index (χ2v) is 6.71. The van der Waals surface area contributed by atoms with Crippen LogP contribution in [0, 0.1) is 18.3 Å². The Bertz CT molecular complexity index is 977. The Kier molecular flexibility index (Phi) is 5.79. The van der Waals surface area contributed by atoms with Crippen LogP contribution in [0.4, 0.5) is 5.69 Å². The van der Waals surface area contributed by atoms with Crippen molar-refractivity contribution in [3.8, 4) is 17.6 Å². The first-order valence-electron chi connectivity index (χ1n) is 8.13. The molecule has 0 atom stereocenters. The van der Waals surface area contributed by atoms with Crippen LogP contribution in [0.2, 0.25) is 0 Å². The lowest BCUT2D eigenvalue weighted by atomic mass is 10.2. The van der Waals surface area contributed by atoms with E-state index >= 15 is 0 Å². The summed E-state index contributed by atoms with van der Waals surface area (Å²) in [7, 11) is 1.52. The molecule has 2 aromatic carbocycles. The van der Waals surface area contributed by atoms with Crippen LogP contribution in [-0.4, -0.2) is 24.8 Å². The summed E-state index contributed by atoms with van der Waals surface area (Å²) in [6.45, 7) is 1.93. The molecule has 1 aliphatic heterocycles. The number of methoxy groups -OCH3 is 1. The van der Waals surface area contributed by atoms with E-state index in [2.05, 4.69) is 10.3 Å². The number of nitrogens with one attached hydrogen (secondary N) is 1. The summed E-state index contributed by atoms with van der Waals surface area (Å²) < 4.78 is 10.6. The molecule has 3 rings (SSSR count). The van der Waals surface area contributed by atoms with Crippen molar-refractivity contribution < 1.29 is 14.3 Å². The molecular weight excluding hydrogens is 362 g/mol. The summed E-state index contributed by atoms with van der Waals surface area (Å²) >= 11 is 1.28. The maximum absolute atomic E-state index is 12.2. The molecule has 1 N–H and O–H groups in total. The lowest BCUT2D eigenvalue weighted by molar-refractivity contribution is -0.115. The smallest absolute Gasteiger partial charge is 0.264 e. The van der Waals surface area contributed by atoms with Crippen LogP contribution in [0.3, 0.4) is 0 Å². The van der Waals surface area contributed by atoms with Crippen LogP contribution in [-0.2, 0) is 4.79 Å². The first-order valence-corrected chi connectivity index (χ1v) is 8.95.